The van der Waals surface area contributed by atoms with Gasteiger partial charge in [-0.15, -0.1) is 0 Å². The van der Waals surface area contributed by atoms with E-state index in [1.165, 1.54) is 0 Å². The number of pyridine rings is 1. The zero-order chi connectivity index (χ0) is 21.1. The van der Waals surface area contributed by atoms with E-state index in [9.17, 15) is 8.42 Å². The molecule has 0 radical (unpaired) electrons. The van der Waals surface area contributed by atoms with Crippen LogP contribution in [0.25, 0.3) is 22.0 Å². The van der Waals surface area contributed by atoms with Crippen LogP contribution in [-0.2, 0) is 10.0 Å². The SMILES string of the molecule is COc1ccc2nc(NS(C)(=O)=O)c(-c3ccccc3)c(Nc3ccccc3)c2c1. The van der Waals surface area contributed by atoms with E-state index in [4.69, 9.17) is 4.74 Å². The average Bonchev–Trinajstić information content (AvgIpc) is 2.74. The summed E-state index contributed by atoms with van der Waals surface area (Å²) < 4.78 is 32.2. The maximum atomic E-state index is 12.1. The zero-order valence-corrected chi connectivity index (χ0v) is 17.4. The van der Waals surface area contributed by atoms with Crippen LogP contribution in [0, 0.1) is 0 Å². The number of sulfonamides is 1. The molecule has 1 heterocycles. The number of methoxy groups -OCH3 is 1. The molecule has 2 N–H and O–H groups in total. The van der Waals surface area contributed by atoms with Gasteiger partial charge in [-0.3, -0.25) is 4.72 Å². The summed E-state index contributed by atoms with van der Waals surface area (Å²) in [6.45, 7) is 0. The van der Waals surface area contributed by atoms with Crippen molar-refractivity contribution in [1.29, 1.82) is 0 Å². The summed E-state index contributed by atoms with van der Waals surface area (Å²) in [6.07, 6.45) is 1.12. The highest BCUT2D eigenvalue weighted by molar-refractivity contribution is 7.92. The number of nitrogens with one attached hydrogen (secondary N) is 2. The van der Waals surface area contributed by atoms with E-state index < -0.39 is 10.0 Å². The molecule has 4 rings (SSSR count). The lowest BCUT2D eigenvalue weighted by atomic mass is 10.0. The van der Waals surface area contributed by atoms with Crippen LogP contribution < -0.4 is 14.8 Å². The van der Waals surface area contributed by atoms with Gasteiger partial charge in [-0.2, -0.15) is 0 Å². The van der Waals surface area contributed by atoms with Crippen molar-refractivity contribution in [2.24, 2.45) is 0 Å². The zero-order valence-electron chi connectivity index (χ0n) is 16.6. The lowest BCUT2D eigenvalue weighted by Gasteiger charge is -2.19. The monoisotopic (exact) mass is 419 g/mol. The van der Waals surface area contributed by atoms with Crippen LogP contribution in [0.4, 0.5) is 17.2 Å². The number of benzene rings is 3. The highest BCUT2D eigenvalue weighted by Gasteiger charge is 2.20. The van der Waals surface area contributed by atoms with Gasteiger partial charge in [-0.25, -0.2) is 13.4 Å². The highest BCUT2D eigenvalue weighted by atomic mass is 32.2. The molecule has 1 aromatic heterocycles. The summed E-state index contributed by atoms with van der Waals surface area (Å²) in [5.74, 6) is 0.947. The number of ether oxygens (including phenoxy) is 1. The largest absolute Gasteiger partial charge is 0.497 e. The van der Waals surface area contributed by atoms with Crippen LogP contribution >= 0.6 is 0 Å². The molecule has 0 amide bonds. The summed E-state index contributed by atoms with van der Waals surface area (Å²) in [5, 5.41) is 4.28. The fourth-order valence-electron chi connectivity index (χ4n) is 3.30. The molecular formula is C23H21N3O3S. The molecule has 4 aromatic rings. The molecule has 30 heavy (non-hydrogen) atoms. The minimum atomic E-state index is -3.54. The number of para-hydroxylation sites is 1. The van der Waals surface area contributed by atoms with Crippen molar-refractivity contribution in [2.75, 3.05) is 23.4 Å². The molecule has 152 valence electrons. The normalized spacial score (nSPS) is 11.3. The van der Waals surface area contributed by atoms with Gasteiger partial charge in [0.05, 0.1) is 24.6 Å². The summed E-state index contributed by atoms with van der Waals surface area (Å²) in [7, 11) is -1.94. The Morgan fingerprint density at radius 2 is 1.57 bits per heavy atom. The molecule has 0 atom stereocenters. The van der Waals surface area contributed by atoms with E-state index in [-0.39, 0.29) is 5.82 Å². The van der Waals surface area contributed by atoms with Gasteiger partial charge in [0.15, 0.2) is 0 Å². The van der Waals surface area contributed by atoms with E-state index >= 15 is 0 Å². The Morgan fingerprint density at radius 3 is 2.20 bits per heavy atom. The minimum absolute atomic E-state index is 0.264. The Hall–Kier alpha value is -3.58. The number of rotatable bonds is 6. The molecule has 7 heteroatoms. The average molecular weight is 420 g/mol. The summed E-state index contributed by atoms with van der Waals surface area (Å²) in [5.41, 5.74) is 3.74. The van der Waals surface area contributed by atoms with Gasteiger partial charge in [0.1, 0.15) is 11.6 Å². The van der Waals surface area contributed by atoms with Crippen molar-refractivity contribution < 1.29 is 13.2 Å². The number of hydrogen-bond acceptors (Lipinski definition) is 5. The lowest BCUT2D eigenvalue weighted by molar-refractivity contribution is 0.415. The van der Waals surface area contributed by atoms with Crippen molar-refractivity contribution in [3.63, 3.8) is 0 Å². The minimum Gasteiger partial charge on any atom is -0.497 e. The highest BCUT2D eigenvalue weighted by Crippen LogP contribution is 2.42. The third-order valence-electron chi connectivity index (χ3n) is 4.58. The van der Waals surface area contributed by atoms with Gasteiger partial charge in [-0.05, 0) is 35.9 Å². The van der Waals surface area contributed by atoms with Crippen LogP contribution in [0.2, 0.25) is 0 Å². The predicted molar refractivity (Wildman–Crippen MR) is 122 cm³/mol. The first-order valence-electron chi connectivity index (χ1n) is 9.31. The van der Waals surface area contributed by atoms with Crippen molar-refractivity contribution in [3.05, 3.63) is 78.9 Å². The fraction of sp³-hybridized carbons (Fsp3) is 0.0870. The van der Waals surface area contributed by atoms with Gasteiger partial charge in [-0.1, -0.05) is 48.5 Å². The van der Waals surface area contributed by atoms with Crippen molar-refractivity contribution in [2.45, 2.75) is 0 Å². The van der Waals surface area contributed by atoms with E-state index in [1.54, 1.807) is 13.2 Å². The molecule has 0 aliphatic heterocycles. The molecule has 6 nitrogen and oxygen atoms in total. The lowest BCUT2D eigenvalue weighted by Crippen LogP contribution is -2.13. The van der Waals surface area contributed by atoms with Crippen molar-refractivity contribution >= 4 is 38.1 Å². The Kier molecular flexibility index (Phi) is 5.29. The van der Waals surface area contributed by atoms with Crippen LogP contribution in [0.5, 0.6) is 5.75 Å². The number of anilines is 3. The Balaban J connectivity index is 2.07. The van der Waals surface area contributed by atoms with Gasteiger partial charge < -0.3 is 10.1 Å². The number of nitrogens with zero attached hydrogens (tertiary/aromatic N) is 1. The van der Waals surface area contributed by atoms with Crippen LogP contribution in [0.3, 0.4) is 0 Å². The fourth-order valence-corrected chi connectivity index (χ4v) is 3.80. The van der Waals surface area contributed by atoms with Gasteiger partial charge in [0.25, 0.3) is 0 Å². The molecule has 0 aliphatic carbocycles. The quantitative estimate of drug-likeness (QED) is 0.458. The standard InChI is InChI=1S/C23H21N3O3S/c1-29-18-13-14-20-19(15-18)22(24-17-11-7-4-8-12-17)21(16-9-5-3-6-10-16)23(25-20)26-30(2,27)28/h3-15H,1-2H3,(H2,24,25,26). The Bertz CT molecular complexity index is 1290. The van der Waals surface area contributed by atoms with Crippen LogP contribution in [-0.4, -0.2) is 26.8 Å². The van der Waals surface area contributed by atoms with E-state index in [0.29, 0.717) is 16.8 Å². The number of fused-ring (bicyclic) bond motifs is 1. The van der Waals surface area contributed by atoms with Crippen LogP contribution in [0.15, 0.2) is 78.9 Å². The third-order valence-corrected chi connectivity index (χ3v) is 5.14. The molecule has 0 saturated heterocycles. The number of aromatic nitrogens is 1. The second kappa shape index (κ2) is 8.04. The molecule has 0 bridgehead atoms. The molecular weight excluding hydrogens is 398 g/mol. The third kappa shape index (κ3) is 4.21. The molecule has 0 aliphatic rings. The number of hydrogen-bond donors (Lipinski definition) is 2. The van der Waals surface area contributed by atoms with Gasteiger partial charge in [0, 0.05) is 16.6 Å². The van der Waals surface area contributed by atoms with Crippen molar-refractivity contribution in [1.82, 2.24) is 4.98 Å². The van der Waals surface area contributed by atoms with Crippen molar-refractivity contribution in [3.8, 4) is 16.9 Å². The molecule has 3 aromatic carbocycles. The smallest absolute Gasteiger partial charge is 0.230 e. The first-order chi connectivity index (χ1) is 14.4. The maximum absolute atomic E-state index is 12.1. The summed E-state index contributed by atoms with van der Waals surface area (Å²) in [4.78, 5) is 4.63. The van der Waals surface area contributed by atoms with Gasteiger partial charge >= 0.3 is 0 Å². The first kappa shape index (κ1) is 19.7. The van der Waals surface area contributed by atoms with E-state index in [2.05, 4.69) is 15.0 Å². The second-order valence-electron chi connectivity index (χ2n) is 6.82. The second-order valence-corrected chi connectivity index (χ2v) is 8.57. The predicted octanol–water partition coefficient (Wildman–Crippen LogP) is 5.03. The van der Waals surface area contributed by atoms with Gasteiger partial charge in [0.2, 0.25) is 10.0 Å². The molecule has 0 spiro atoms. The molecule has 0 fully saturated rings. The summed E-state index contributed by atoms with van der Waals surface area (Å²) >= 11 is 0. The Morgan fingerprint density at radius 1 is 0.900 bits per heavy atom. The topological polar surface area (TPSA) is 80.3 Å². The molecule has 0 unspecified atom stereocenters. The summed E-state index contributed by atoms with van der Waals surface area (Å²) in [6, 6.07) is 24.8. The maximum Gasteiger partial charge on any atom is 0.230 e. The first-order valence-corrected chi connectivity index (χ1v) is 11.2. The molecule has 0 saturated carbocycles. The Labute approximate surface area is 175 Å². The van der Waals surface area contributed by atoms with Crippen LogP contribution in [0.1, 0.15) is 0 Å². The van der Waals surface area contributed by atoms with E-state index in [0.717, 1.165) is 28.6 Å². The van der Waals surface area contributed by atoms with E-state index in [1.807, 2.05) is 72.8 Å².